The van der Waals surface area contributed by atoms with E-state index >= 15 is 0 Å². The Hall–Kier alpha value is -0.570. The number of rotatable bonds is 4. The van der Waals surface area contributed by atoms with Gasteiger partial charge in [0, 0.05) is 0 Å². The third-order valence-electron chi connectivity index (χ3n) is 3.65. The quantitative estimate of drug-likeness (QED) is 0.729. The molecule has 1 saturated carbocycles. The van der Waals surface area contributed by atoms with Crippen molar-refractivity contribution in [2.45, 2.75) is 57.9 Å². The monoisotopic (exact) mass is 199 g/mol. The van der Waals surface area contributed by atoms with E-state index in [1.807, 2.05) is 0 Å². The Morgan fingerprint density at radius 1 is 1.50 bits per heavy atom. The van der Waals surface area contributed by atoms with Gasteiger partial charge in [-0.3, -0.25) is 4.79 Å². The highest BCUT2D eigenvalue weighted by molar-refractivity contribution is 5.77. The van der Waals surface area contributed by atoms with Crippen molar-refractivity contribution in [3.05, 3.63) is 0 Å². The van der Waals surface area contributed by atoms with Crippen molar-refractivity contribution in [3.63, 3.8) is 0 Å². The topological polar surface area (TPSA) is 63.3 Å². The Labute approximate surface area is 85.7 Å². The summed E-state index contributed by atoms with van der Waals surface area (Å²) in [5, 5.41) is 8.99. The lowest BCUT2D eigenvalue weighted by atomic mass is 9.73. The van der Waals surface area contributed by atoms with E-state index in [0.29, 0.717) is 6.42 Å². The molecule has 0 amide bonds. The first-order valence-electron chi connectivity index (χ1n) is 5.44. The van der Waals surface area contributed by atoms with Gasteiger partial charge in [-0.25, -0.2) is 0 Å². The number of carboxylic acids is 1. The van der Waals surface area contributed by atoms with Crippen molar-refractivity contribution in [1.82, 2.24) is 0 Å². The molecule has 1 aliphatic carbocycles. The van der Waals surface area contributed by atoms with Crippen molar-refractivity contribution in [1.29, 1.82) is 0 Å². The van der Waals surface area contributed by atoms with Crippen LogP contribution in [-0.4, -0.2) is 16.6 Å². The van der Waals surface area contributed by atoms with Crippen molar-refractivity contribution in [2.75, 3.05) is 0 Å². The molecule has 0 spiro atoms. The molecule has 14 heavy (non-hydrogen) atoms. The smallest absolute Gasteiger partial charge is 0.323 e. The first kappa shape index (κ1) is 11.5. The average Bonchev–Trinajstić information content (AvgIpc) is 2.53. The lowest BCUT2D eigenvalue weighted by Gasteiger charge is -2.34. The van der Waals surface area contributed by atoms with Crippen LogP contribution in [0.25, 0.3) is 0 Å². The predicted molar refractivity (Wildman–Crippen MR) is 56.0 cm³/mol. The van der Waals surface area contributed by atoms with Crippen LogP contribution >= 0.6 is 0 Å². The molecule has 0 aromatic heterocycles. The predicted octanol–water partition coefficient (Wildman–Crippen LogP) is 2.15. The molecule has 1 aliphatic rings. The van der Waals surface area contributed by atoms with Crippen molar-refractivity contribution >= 4 is 5.97 Å². The van der Waals surface area contributed by atoms with Gasteiger partial charge in [-0.15, -0.1) is 0 Å². The molecule has 3 nitrogen and oxygen atoms in total. The van der Waals surface area contributed by atoms with Gasteiger partial charge in [0.15, 0.2) is 0 Å². The highest BCUT2D eigenvalue weighted by Crippen LogP contribution is 2.46. The fraction of sp³-hybridized carbons (Fsp3) is 0.909. The SMILES string of the molecule is CCC1(CC(C)(N)C(=O)O)CCCC1. The summed E-state index contributed by atoms with van der Waals surface area (Å²) in [5.74, 6) is -0.878. The maximum atomic E-state index is 10.9. The molecule has 82 valence electrons. The zero-order chi connectivity index (χ0) is 10.8. The molecule has 0 aromatic carbocycles. The highest BCUT2D eigenvalue weighted by Gasteiger charge is 2.41. The van der Waals surface area contributed by atoms with E-state index in [0.717, 1.165) is 19.3 Å². The van der Waals surface area contributed by atoms with Gasteiger partial charge >= 0.3 is 5.97 Å². The van der Waals surface area contributed by atoms with E-state index in [2.05, 4.69) is 6.92 Å². The van der Waals surface area contributed by atoms with E-state index in [-0.39, 0.29) is 5.41 Å². The molecule has 1 rings (SSSR count). The van der Waals surface area contributed by atoms with Crippen molar-refractivity contribution < 1.29 is 9.90 Å². The second-order valence-electron chi connectivity index (χ2n) is 4.96. The normalized spacial score (nSPS) is 24.5. The van der Waals surface area contributed by atoms with Crippen LogP contribution in [0.15, 0.2) is 0 Å². The molecule has 0 aromatic rings. The van der Waals surface area contributed by atoms with Crippen LogP contribution in [0, 0.1) is 5.41 Å². The van der Waals surface area contributed by atoms with Gasteiger partial charge < -0.3 is 10.8 Å². The molecule has 0 saturated heterocycles. The summed E-state index contributed by atoms with van der Waals surface area (Å²) >= 11 is 0. The standard InChI is InChI=1S/C11H21NO2/c1-3-11(6-4-5-7-11)8-10(2,12)9(13)14/h3-8,12H2,1-2H3,(H,13,14). The van der Waals surface area contributed by atoms with E-state index in [4.69, 9.17) is 10.8 Å². The molecular weight excluding hydrogens is 178 g/mol. The summed E-state index contributed by atoms with van der Waals surface area (Å²) in [5.41, 5.74) is 4.94. The third kappa shape index (κ3) is 2.27. The third-order valence-corrected chi connectivity index (χ3v) is 3.65. The Morgan fingerprint density at radius 3 is 2.36 bits per heavy atom. The molecule has 3 N–H and O–H groups in total. The Balaban J connectivity index is 2.69. The number of aliphatic carboxylic acids is 1. The first-order chi connectivity index (χ1) is 6.42. The summed E-state index contributed by atoms with van der Waals surface area (Å²) in [7, 11) is 0. The second-order valence-corrected chi connectivity index (χ2v) is 4.96. The van der Waals surface area contributed by atoms with Crippen LogP contribution in [0.3, 0.4) is 0 Å². The van der Waals surface area contributed by atoms with Crippen molar-refractivity contribution in [2.24, 2.45) is 11.1 Å². The van der Waals surface area contributed by atoms with E-state index < -0.39 is 11.5 Å². The van der Waals surface area contributed by atoms with Gasteiger partial charge in [-0.1, -0.05) is 26.2 Å². The van der Waals surface area contributed by atoms with Gasteiger partial charge in [0.05, 0.1) is 0 Å². The van der Waals surface area contributed by atoms with Crippen LogP contribution < -0.4 is 5.73 Å². The maximum Gasteiger partial charge on any atom is 0.323 e. The highest BCUT2D eigenvalue weighted by atomic mass is 16.4. The summed E-state index contributed by atoms with van der Waals surface area (Å²) in [6, 6.07) is 0. The fourth-order valence-electron chi connectivity index (χ4n) is 2.63. The van der Waals surface area contributed by atoms with Crippen molar-refractivity contribution in [3.8, 4) is 0 Å². The first-order valence-corrected chi connectivity index (χ1v) is 5.44. The van der Waals surface area contributed by atoms with Crippen LogP contribution in [0.4, 0.5) is 0 Å². The fourth-order valence-corrected chi connectivity index (χ4v) is 2.63. The van der Waals surface area contributed by atoms with E-state index in [1.54, 1.807) is 6.92 Å². The lowest BCUT2D eigenvalue weighted by molar-refractivity contribution is -0.144. The Kier molecular flexibility index (Phi) is 3.20. The summed E-state index contributed by atoms with van der Waals surface area (Å²) < 4.78 is 0. The van der Waals surface area contributed by atoms with E-state index in [9.17, 15) is 4.79 Å². The largest absolute Gasteiger partial charge is 0.480 e. The molecule has 0 aliphatic heterocycles. The minimum Gasteiger partial charge on any atom is -0.480 e. The Bertz CT molecular complexity index is 217. The van der Waals surface area contributed by atoms with Crippen LogP contribution in [-0.2, 0) is 4.79 Å². The number of carbonyl (C=O) groups is 1. The number of hydrogen-bond donors (Lipinski definition) is 2. The molecule has 1 atom stereocenters. The second kappa shape index (κ2) is 3.89. The van der Waals surface area contributed by atoms with Gasteiger partial charge in [0.25, 0.3) is 0 Å². The van der Waals surface area contributed by atoms with E-state index in [1.165, 1.54) is 12.8 Å². The van der Waals surface area contributed by atoms with Gasteiger partial charge in [0.1, 0.15) is 5.54 Å². The zero-order valence-electron chi connectivity index (χ0n) is 9.18. The van der Waals surface area contributed by atoms with Crippen LogP contribution in [0.5, 0.6) is 0 Å². The van der Waals surface area contributed by atoms with Gasteiger partial charge in [-0.05, 0) is 31.6 Å². The molecule has 0 radical (unpaired) electrons. The summed E-state index contributed by atoms with van der Waals surface area (Å²) in [6.07, 6.45) is 6.40. The van der Waals surface area contributed by atoms with Crippen LogP contribution in [0.1, 0.15) is 52.4 Å². The molecule has 1 fully saturated rings. The maximum absolute atomic E-state index is 10.9. The minimum absolute atomic E-state index is 0.196. The summed E-state index contributed by atoms with van der Waals surface area (Å²) in [4.78, 5) is 10.9. The molecule has 0 heterocycles. The Morgan fingerprint density at radius 2 is 2.00 bits per heavy atom. The number of nitrogens with two attached hydrogens (primary N) is 1. The zero-order valence-corrected chi connectivity index (χ0v) is 9.18. The summed E-state index contributed by atoms with van der Waals surface area (Å²) in [6.45, 7) is 3.77. The molecule has 1 unspecified atom stereocenters. The number of hydrogen-bond acceptors (Lipinski definition) is 2. The molecular formula is C11H21NO2. The number of carboxylic acid groups (broad SMARTS) is 1. The minimum atomic E-state index is -1.06. The lowest BCUT2D eigenvalue weighted by Crippen LogP contribution is -2.48. The van der Waals surface area contributed by atoms with Gasteiger partial charge in [0.2, 0.25) is 0 Å². The average molecular weight is 199 g/mol. The van der Waals surface area contributed by atoms with Crippen LogP contribution in [0.2, 0.25) is 0 Å². The molecule has 0 bridgehead atoms. The molecule has 3 heteroatoms. The van der Waals surface area contributed by atoms with Gasteiger partial charge in [-0.2, -0.15) is 0 Å².